The highest BCUT2D eigenvalue weighted by Crippen LogP contribution is 2.34. The van der Waals surface area contributed by atoms with E-state index in [1.807, 2.05) is 0 Å². The molecule has 0 radical (unpaired) electrons. The van der Waals surface area contributed by atoms with Crippen molar-refractivity contribution in [2.24, 2.45) is 11.8 Å². The minimum atomic E-state index is -0.955. The molecule has 0 bridgehead atoms. The van der Waals surface area contributed by atoms with E-state index in [1.165, 1.54) is 6.07 Å². The van der Waals surface area contributed by atoms with Gasteiger partial charge in [0.25, 0.3) is 5.91 Å². The fraction of sp³-hybridized carbons (Fsp3) is 0.533. The van der Waals surface area contributed by atoms with Gasteiger partial charge in [0, 0.05) is 24.7 Å². The largest absolute Gasteiger partial charge is 0.338 e. The number of nitro benzene ring substituents is 1. The molecule has 0 spiro atoms. The zero-order chi connectivity index (χ0) is 15.0. The molecule has 1 amide bonds. The number of benzene rings is 1. The molecule has 0 heterocycles. The summed E-state index contributed by atoms with van der Waals surface area (Å²) in [6.07, 6.45) is 4.57. The quantitative estimate of drug-likeness (QED) is 0.598. The van der Waals surface area contributed by atoms with E-state index < -0.39 is 16.4 Å². The lowest BCUT2D eigenvalue weighted by Crippen LogP contribution is -2.34. The Morgan fingerprint density at radius 2 is 1.81 bits per heavy atom. The zero-order valence-corrected chi connectivity index (χ0v) is 11.6. The zero-order valence-electron chi connectivity index (χ0n) is 11.6. The Morgan fingerprint density at radius 1 is 1.24 bits per heavy atom. The molecule has 0 aromatic heterocycles. The first-order valence-electron chi connectivity index (χ1n) is 7.28. The average Bonchev–Trinajstić information content (AvgIpc) is 3.31. The molecule has 5 nitrogen and oxygen atoms in total. The first kappa shape index (κ1) is 14.0. The average molecular weight is 292 g/mol. The van der Waals surface area contributed by atoms with Crippen molar-refractivity contribution in [1.82, 2.24) is 4.90 Å². The van der Waals surface area contributed by atoms with E-state index in [9.17, 15) is 19.3 Å². The minimum Gasteiger partial charge on any atom is -0.338 e. The standard InChI is InChI=1S/C15H17FN2O3/c16-13-7-12(5-6-14(13)18(20)21)15(19)17(8-10-1-2-10)9-11-3-4-11/h5-7,10-11H,1-4,8-9H2. The fourth-order valence-electron chi connectivity index (χ4n) is 2.44. The van der Waals surface area contributed by atoms with E-state index in [-0.39, 0.29) is 11.5 Å². The van der Waals surface area contributed by atoms with E-state index in [4.69, 9.17) is 0 Å². The third kappa shape index (κ3) is 3.37. The van der Waals surface area contributed by atoms with Gasteiger partial charge in [-0.05, 0) is 49.7 Å². The smallest absolute Gasteiger partial charge is 0.304 e. The van der Waals surface area contributed by atoms with Gasteiger partial charge in [-0.1, -0.05) is 0 Å². The monoisotopic (exact) mass is 292 g/mol. The Bertz CT molecular complexity index is 568. The molecule has 0 saturated heterocycles. The molecule has 0 atom stereocenters. The molecule has 21 heavy (non-hydrogen) atoms. The van der Waals surface area contributed by atoms with Crippen molar-refractivity contribution in [3.8, 4) is 0 Å². The fourth-order valence-corrected chi connectivity index (χ4v) is 2.44. The van der Waals surface area contributed by atoms with Crippen molar-refractivity contribution in [2.75, 3.05) is 13.1 Å². The van der Waals surface area contributed by atoms with E-state index in [1.54, 1.807) is 4.90 Å². The summed E-state index contributed by atoms with van der Waals surface area (Å²) < 4.78 is 13.7. The molecular formula is C15H17FN2O3. The highest BCUT2D eigenvalue weighted by molar-refractivity contribution is 5.94. The molecule has 112 valence electrons. The molecule has 2 saturated carbocycles. The molecular weight excluding hydrogens is 275 g/mol. The molecule has 0 N–H and O–H groups in total. The van der Waals surface area contributed by atoms with Crippen LogP contribution in [0, 0.1) is 27.8 Å². The number of halogens is 1. The second kappa shape index (κ2) is 5.42. The van der Waals surface area contributed by atoms with Crippen LogP contribution in [-0.2, 0) is 0 Å². The molecule has 2 fully saturated rings. The van der Waals surface area contributed by atoms with Crippen molar-refractivity contribution in [2.45, 2.75) is 25.7 Å². The number of rotatable bonds is 6. The van der Waals surface area contributed by atoms with Crippen molar-refractivity contribution in [3.63, 3.8) is 0 Å². The maximum atomic E-state index is 13.7. The summed E-state index contributed by atoms with van der Waals surface area (Å²) in [5.41, 5.74) is -0.401. The molecule has 6 heteroatoms. The topological polar surface area (TPSA) is 63.4 Å². The summed E-state index contributed by atoms with van der Waals surface area (Å²) in [5, 5.41) is 10.6. The van der Waals surface area contributed by atoms with Crippen LogP contribution in [0.25, 0.3) is 0 Å². The lowest BCUT2D eigenvalue weighted by Gasteiger charge is -2.22. The van der Waals surface area contributed by atoms with Gasteiger partial charge in [-0.15, -0.1) is 0 Å². The molecule has 2 aliphatic carbocycles. The first-order valence-corrected chi connectivity index (χ1v) is 7.28. The van der Waals surface area contributed by atoms with E-state index in [2.05, 4.69) is 0 Å². The highest BCUT2D eigenvalue weighted by atomic mass is 19.1. The van der Waals surface area contributed by atoms with Gasteiger partial charge in [-0.2, -0.15) is 4.39 Å². The minimum absolute atomic E-state index is 0.194. The number of nitro groups is 1. The van der Waals surface area contributed by atoms with Crippen molar-refractivity contribution in [3.05, 3.63) is 39.7 Å². The van der Waals surface area contributed by atoms with Crippen LogP contribution >= 0.6 is 0 Å². The van der Waals surface area contributed by atoms with Gasteiger partial charge >= 0.3 is 5.69 Å². The van der Waals surface area contributed by atoms with Crippen LogP contribution in [0.3, 0.4) is 0 Å². The number of hydrogen-bond acceptors (Lipinski definition) is 3. The molecule has 3 rings (SSSR count). The third-order valence-electron chi connectivity index (χ3n) is 4.03. The van der Waals surface area contributed by atoms with Gasteiger partial charge in [0.1, 0.15) is 0 Å². The number of carbonyl (C=O) groups is 1. The van der Waals surface area contributed by atoms with Gasteiger partial charge in [0.2, 0.25) is 5.82 Å². The number of nitrogens with zero attached hydrogens (tertiary/aromatic N) is 2. The predicted octanol–water partition coefficient (Wildman–Crippen LogP) is 3.00. The van der Waals surface area contributed by atoms with Gasteiger partial charge in [0.15, 0.2) is 0 Å². The summed E-state index contributed by atoms with van der Waals surface area (Å²) in [6.45, 7) is 1.43. The number of hydrogen-bond donors (Lipinski definition) is 0. The van der Waals surface area contributed by atoms with Gasteiger partial charge in [-0.25, -0.2) is 0 Å². The lowest BCUT2D eigenvalue weighted by molar-refractivity contribution is -0.387. The highest BCUT2D eigenvalue weighted by Gasteiger charge is 2.32. The van der Waals surface area contributed by atoms with Crippen LogP contribution in [-0.4, -0.2) is 28.8 Å². The van der Waals surface area contributed by atoms with Gasteiger partial charge in [-0.3, -0.25) is 14.9 Å². The number of carbonyl (C=O) groups excluding carboxylic acids is 1. The molecule has 1 aromatic carbocycles. The summed E-state index contributed by atoms with van der Waals surface area (Å²) in [4.78, 5) is 24.1. The second-order valence-electron chi connectivity index (χ2n) is 6.02. The van der Waals surface area contributed by atoms with Crippen LogP contribution < -0.4 is 0 Å². The molecule has 1 aromatic rings. The van der Waals surface area contributed by atoms with E-state index >= 15 is 0 Å². The lowest BCUT2D eigenvalue weighted by atomic mass is 10.1. The predicted molar refractivity (Wildman–Crippen MR) is 74.4 cm³/mol. The molecule has 2 aliphatic rings. The van der Waals surface area contributed by atoms with Crippen molar-refractivity contribution in [1.29, 1.82) is 0 Å². The maximum Gasteiger partial charge on any atom is 0.304 e. The SMILES string of the molecule is O=C(c1ccc([N+](=O)[O-])c(F)c1)N(CC1CC1)CC1CC1. The Hall–Kier alpha value is -1.98. The van der Waals surface area contributed by atoms with Crippen molar-refractivity contribution >= 4 is 11.6 Å². The summed E-state index contributed by atoms with van der Waals surface area (Å²) in [7, 11) is 0. The summed E-state index contributed by atoms with van der Waals surface area (Å²) >= 11 is 0. The van der Waals surface area contributed by atoms with Crippen LogP contribution in [0.15, 0.2) is 18.2 Å². The Kier molecular flexibility index (Phi) is 3.61. The van der Waals surface area contributed by atoms with Crippen LogP contribution in [0.4, 0.5) is 10.1 Å². The van der Waals surface area contributed by atoms with Gasteiger partial charge in [0.05, 0.1) is 4.92 Å². The maximum absolute atomic E-state index is 13.7. The summed E-state index contributed by atoms with van der Waals surface area (Å²) in [6, 6.07) is 3.39. The second-order valence-corrected chi connectivity index (χ2v) is 6.02. The Labute approximate surface area is 121 Å². The summed E-state index contributed by atoms with van der Waals surface area (Å²) in [5.74, 6) is -0.0440. The van der Waals surface area contributed by atoms with E-state index in [0.29, 0.717) is 24.9 Å². The van der Waals surface area contributed by atoms with Gasteiger partial charge < -0.3 is 4.90 Å². The van der Waals surface area contributed by atoms with Crippen molar-refractivity contribution < 1.29 is 14.1 Å². The third-order valence-corrected chi connectivity index (χ3v) is 4.03. The van der Waals surface area contributed by atoms with Crippen LogP contribution in [0.1, 0.15) is 36.0 Å². The Balaban J connectivity index is 1.77. The van der Waals surface area contributed by atoms with Crippen LogP contribution in [0.2, 0.25) is 0 Å². The van der Waals surface area contributed by atoms with E-state index in [0.717, 1.165) is 37.8 Å². The normalized spacial score (nSPS) is 17.6. The van der Waals surface area contributed by atoms with Crippen LogP contribution in [0.5, 0.6) is 0 Å². The Morgan fingerprint density at radius 3 is 2.24 bits per heavy atom. The number of amides is 1. The molecule has 0 unspecified atom stereocenters. The first-order chi connectivity index (χ1) is 10.0. The molecule has 0 aliphatic heterocycles.